The molecule has 2 aromatic rings. The molecular weight excluding hydrogens is 303 g/mol. The average Bonchev–Trinajstić information content (AvgIpc) is 2.95. The second kappa shape index (κ2) is 6.71. The van der Waals surface area contributed by atoms with Crippen LogP contribution in [0.1, 0.15) is 12.5 Å². The summed E-state index contributed by atoms with van der Waals surface area (Å²) in [6.07, 6.45) is 1.58. The maximum Gasteiger partial charge on any atom is 0.237 e. The van der Waals surface area contributed by atoms with E-state index in [1.54, 1.807) is 12.3 Å². The van der Waals surface area contributed by atoms with Crippen molar-refractivity contribution in [3.05, 3.63) is 35.8 Å². The number of hydrogen-bond acceptors (Lipinski definition) is 4. The van der Waals surface area contributed by atoms with Gasteiger partial charge in [-0.2, -0.15) is 11.8 Å². The van der Waals surface area contributed by atoms with Gasteiger partial charge >= 0.3 is 0 Å². The number of carbonyl (C=O) groups is 1. The molecule has 118 valence electrons. The number of halogens is 1. The van der Waals surface area contributed by atoms with Crippen molar-refractivity contribution in [1.29, 1.82) is 0 Å². The van der Waals surface area contributed by atoms with Crippen LogP contribution < -0.4 is 5.32 Å². The molecule has 1 atom stereocenters. The molecule has 0 radical (unpaired) electrons. The molecule has 1 aromatic heterocycles. The predicted octanol–water partition coefficient (Wildman–Crippen LogP) is 2.63. The molecule has 4 nitrogen and oxygen atoms in total. The molecule has 1 amide bonds. The van der Waals surface area contributed by atoms with Gasteiger partial charge in [-0.3, -0.25) is 9.69 Å². The Morgan fingerprint density at radius 1 is 1.45 bits per heavy atom. The first-order chi connectivity index (χ1) is 10.6. The third-order valence-corrected chi connectivity index (χ3v) is 4.98. The number of fused-ring (bicyclic) bond motifs is 1. The molecule has 1 aromatic carbocycles. The Hall–Kier alpha value is -1.53. The average molecular weight is 322 g/mol. The molecule has 0 spiro atoms. The Morgan fingerprint density at radius 2 is 2.23 bits per heavy atom. The Morgan fingerprint density at radius 3 is 3.00 bits per heavy atom. The fourth-order valence-electron chi connectivity index (χ4n) is 2.65. The number of hydrogen-bond donors (Lipinski definition) is 1. The lowest BCUT2D eigenvalue weighted by atomic mass is 10.1. The van der Waals surface area contributed by atoms with Crippen LogP contribution >= 0.6 is 11.8 Å². The number of thioether (sulfide) groups is 1. The number of nitrogens with one attached hydrogen (secondary N) is 1. The fourth-order valence-corrected chi connectivity index (χ4v) is 3.58. The molecule has 1 N–H and O–H groups in total. The summed E-state index contributed by atoms with van der Waals surface area (Å²) in [6.45, 7) is 4.17. The fraction of sp³-hybridized carbons (Fsp3) is 0.438. The number of benzene rings is 1. The van der Waals surface area contributed by atoms with Crippen molar-refractivity contribution in [1.82, 2.24) is 10.2 Å². The molecule has 1 aliphatic rings. The van der Waals surface area contributed by atoms with Crippen LogP contribution in [-0.2, 0) is 11.3 Å². The van der Waals surface area contributed by atoms with Crippen molar-refractivity contribution < 1.29 is 13.6 Å². The molecule has 1 fully saturated rings. The normalized spacial score (nSPS) is 17.5. The minimum atomic E-state index is -0.305. The van der Waals surface area contributed by atoms with Crippen molar-refractivity contribution in [2.24, 2.45) is 0 Å². The zero-order valence-electron chi connectivity index (χ0n) is 12.5. The first-order valence-electron chi connectivity index (χ1n) is 7.40. The molecule has 2 heterocycles. The number of nitrogens with zero attached hydrogens (tertiary/aromatic N) is 1. The van der Waals surface area contributed by atoms with Gasteiger partial charge < -0.3 is 9.73 Å². The van der Waals surface area contributed by atoms with E-state index in [0.29, 0.717) is 17.5 Å². The SMILES string of the molecule is CC(C(=O)NCc1coc2ccc(F)cc12)N1CCSCC1. The highest BCUT2D eigenvalue weighted by atomic mass is 32.2. The zero-order chi connectivity index (χ0) is 15.5. The van der Waals surface area contributed by atoms with E-state index in [0.717, 1.165) is 30.2 Å². The maximum atomic E-state index is 13.3. The summed E-state index contributed by atoms with van der Waals surface area (Å²) >= 11 is 1.92. The van der Waals surface area contributed by atoms with Gasteiger partial charge in [-0.05, 0) is 25.1 Å². The van der Waals surface area contributed by atoms with Crippen molar-refractivity contribution in [2.75, 3.05) is 24.6 Å². The number of furan rings is 1. The first-order valence-corrected chi connectivity index (χ1v) is 8.56. The Labute approximate surface area is 133 Å². The van der Waals surface area contributed by atoms with Gasteiger partial charge in [-0.15, -0.1) is 0 Å². The topological polar surface area (TPSA) is 45.5 Å². The van der Waals surface area contributed by atoms with Crippen LogP contribution in [0.25, 0.3) is 11.0 Å². The monoisotopic (exact) mass is 322 g/mol. The van der Waals surface area contributed by atoms with Crippen LogP contribution in [0.15, 0.2) is 28.9 Å². The molecule has 0 bridgehead atoms. The van der Waals surface area contributed by atoms with Crippen LogP contribution in [0.5, 0.6) is 0 Å². The molecular formula is C16H19FN2O2S. The van der Waals surface area contributed by atoms with Crippen LogP contribution in [0.3, 0.4) is 0 Å². The van der Waals surface area contributed by atoms with Crippen LogP contribution in [0, 0.1) is 5.82 Å². The Balaban J connectivity index is 1.63. The molecule has 3 rings (SSSR count). The lowest BCUT2D eigenvalue weighted by molar-refractivity contribution is -0.125. The van der Waals surface area contributed by atoms with Gasteiger partial charge in [0, 0.05) is 42.1 Å². The van der Waals surface area contributed by atoms with E-state index in [4.69, 9.17) is 4.42 Å². The van der Waals surface area contributed by atoms with E-state index in [1.807, 2.05) is 18.7 Å². The highest BCUT2D eigenvalue weighted by Crippen LogP contribution is 2.22. The number of amides is 1. The Bertz CT molecular complexity index is 667. The van der Waals surface area contributed by atoms with Gasteiger partial charge in [0.1, 0.15) is 11.4 Å². The molecule has 0 saturated carbocycles. The first kappa shape index (κ1) is 15.4. The largest absolute Gasteiger partial charge is 0.464 e. The van der Waals surface area contributed by atoms with E-state index in [1.165, 1.54) is 12.1 Å². The highest BCUT2D eigenvalue weighted by Gasteiger charge is 2.22. The lowest BCUT2D eigenvalue weighted by Crippen LogP contribution is -2.48. The molecule has 0 aliphatic carbocycles. The van der Waals surface area contributed by atoms with E-state index >= 15 is 0 Å². The van der Waals surface area contributed by atoms with Crippen molar-refractivity contribution in [2.45, 2.75) is 19.5 Å². The van der Waals surface area contributed by atoms with Crippen LogP contribution in [0.4, 0.5) is 4.39 Å². The summed E-state index contributed by atoms with van der Waals surface area (Å²) in [6, 6.07) is 4.26. The molecule has 1 unspecified atom stereocenters. The van der Waals surface area contributed by atoms with Gasteiger partial charge in [0.05, 0.1) is 12.3 Å². The third-order valence-electron chi connectivity index (χ3n) is 4.04. The molecule has 6 heteroatoms. The smallest absolute Gasteiger partial charge is 0.237 e. The summed E-state index contributed by atoms with van der Waals surface area (Å²) in [4.78, 5) is 14.5. The third kappa shape index (κ3) is 3.28. The quantitative estimate of drug-likeness (QED) is 0.940. The van der Waals surface area contributed by atoms with Gasteiger partial charge in [0.25, 0.3) is 0 Å². The van der Waals surface area contributed by atoms with Gasteiger partial charge in [-0.1, -0.05) is 0 Å². The van der Waals surface area contributed by atoms with Crippen molar-refractivity contribution >= 4 is 28.6 Å². The second-order valence-corrected chi connectivity index (χ2v) is 6.67. The van der Waals surface area contributed by atoms with E-state index < -0.39 is 0 Å². The van der Waals surface area contributed by atoms with Crippen molar-refractivity contribution in [3.63, 3.8) is 0 Å². The standard InChI is InChI=1S/C16H19FN2O2S/c1-11(19-4-6-22-7-5-19)16(20)18-9-12-10-21-15-3-2-13(17)8-14(12)15/h2-3,8,10-11H,4-7,9H2,1H3,(H,18,20). The summed E-state index contributed by atoms with van der Waals surface area (Å²) in [7, 11) is 0. The highest BCUT2D eigenvalue weighted by molar-refractivity contribution is 7.99. The van der Waals surface area contributed by atoms with Gasteiger partial charge in [0.2, 0.25) is 5.91 Å². The predicted molar refractivity (Wildman–Crippen MR) is 86.4 cm³/mol. The summed E-state index contributed by atoms with van der Waals surface area (Å²) in [5.41, 5.74) is 1.43. The van der Waals surface area contributed by atoms with E-state index in [9.17, 15) is 9.18 Å². The number of rotatable bonds is 4. The van der Waals surface area contributed by atoms with Crippen LogP contribution in [0.2, 0.25) is 0 Å². The molecule has 1 aliphatic heterocycles. The zero-order valence-corrected chi connectivity index (χ0v) is 13.3. The van der Waals surface area contributed by atoms with E-state index in [2.05, 4.69) is 10.2 Å². The van der Waals surface area contributed by atoms with E-state index in [-0.39, 0.29) is 17.8 Å². The summed E-state index contributed by atoms with van der Waals surface area (Å²) in [5.74, 6) is 1.84. The van der Waals surface area contributed by atoms with Crippen LogP contribution in [-0.4, -0.2) is 41.4 Å². The molecule has 1 saturated heterocycles. The molecule has 22 heavy (non-hydrogen) atoms. The minimum Gasteiger partial charge on any atom is -0.464 e. The lowest BCUT2D eigenvalue weighted by Gasteiger charge is -2.31. The summed E-state index contributed by atoms with van der Waals surface area (Å²) in [5, 5.41) is 3.63. The van der Waals surface area contributed by atoms with Crippen molar-refractivity contribution in [3.8, 4) is 0 Å². The number of carbonyl (C=O) groups excluding carboxylic acids is 1. The minimum absolute atomic E-state index is 0.00217. The van der Waals surface area contributed by atoms with Gasteiger partial charge in [-0.25, -0.2) is 4.39 Å². The Kier molecular flexibility index (Phi) is 4.69. The summed E-state index contributed by atoms with van der Waals surface area (Å²) < 4.78 is 18.7. The second-order valence-electron chi connectivity index (χ2n) is 5.44. The maximum absolute atomic E-state index is 13.3. The van der Waals surface area contributed by atoms with Gasteiger partial charge in [0.15, 0.2) is 0 Å².